The third-order valence-corrected chi connectivity index (χ3v) is 4.85. The molecule has 2 aromatic rings. The lowest BCUT2D eigenvalue weighted by Crippen LogP contribution is -2.51. The molecule has 1 amide bonds. The molecule has 1 atom stereocenters. The van der Waals surface area contributed by atoms with E-state index in [0.29, 0.717) is 17.1 Å². The predicted molar refractivity (Wildman–Crippen MR) is 85.8 cm³/mol. The topological polar surface area (TPSA) is 96.5 Å². The molecule has 7 nitrogen and oxygen atoms in total. The molecular formula is C15H15N3O4S. The van der Waals surface area contributed by atoms with Crippen molar-refractivity contribution in [1.29, 1.82) is 0 Å². The zero-order valence-corrected chi connectivity index (χ0v) is 13.1. The van der Waals surface area contributed by atoms with E-state index >= 15 is 0 Å². The summed E-state index contributed by atoms with van der Waals surface area (Å²) in [6.45, 7) is 0. The number of carbonyl (C=O) groups excluding carboxylic acids is 1. The van der Waals surface area contributed by atoms with E-state index in [1.54, 1.807) is 49.6 Å². The number of ether oxygens (including phenoxy) is 1. The van der Waals surface area contributed by atoms with Crippen LogP contribution in [0.4, 0.5) is 11.4 Å². The number of methoxy groups -OCH3 is 1. The molecule has 1 heterocycles. The van der Waals surface area contributed by atoms with Crippen LogP contribution in [0.25, 0.3) is 0 Å². The number of benzene rings is 2. The highest BCUT2D eigenvalue weighted by Crippen LogP contribution is 2.25. The standard InChI is InChI=1S/C15H15N3O4S/c1-22-11-8-6-10(7-9-11)16-15(19)14-17-12-4-2-3-5-13(12)23(20,21)18-14/h2-9,14,17-18H,1H3,(H,16,19). The molecule has 0 aliphatic carbocycles. The molecule has 0 fully saturated rings. The summed E-state index contributed by atoms with van der Waals surface area (Å²) in [5, 5.41) is 5.52. The second-order valence-electron chi connectivity index (χ2n) is 4.91. The van der Waals surface area contributed by atoms with Crippen molar-refractivity contribution in [2.24, 2.45) is 0 Å². The van der Waals surface area contributed by atoms with E-state index < -0.39 is 22.1 Å². The lowest BCUT2D eigenvalue weighted by atomic mass is 10.2. The van der Waals surface area contributed by atoms with Gasteiger partial charge >= 0.3 is 0 Å². The van der Waals surface area contributed by atoms with Crippen molar-refractivity contribution in [3.8, 4) is 5.75 Å². The number of carbonyl (C=O) groups is 1. The maximum absolute atomic E-state index is 12.3. The first kappa shape index (κ1) is 15.3. The van der Waals surface area contributed by atoms with Gasteiger partial charge in [0, 0.05) is 5.69 Å². The summed E-state index contributed by atoms with van der Waals surface area (Å²) in [6.07, 6.45) is -1.09. The summed E-state index contributed by atoms with van der Waals surface area (Å²) in [5.41, 5.74) is 0.928. The predicted octanol–water partition coefficient (Wildman–Crippen LogP) is 1.36. The first-order valence-corrected chi connectivity index (χ1v) is 8.31. The van der Waals surface area contributed by atoms with Crippen LogP contribution in [0.5, 0.6) is 5.75 Å². The van der Waals surface area contributed by atoms with Crippen LogP contribution >= 0.6 is 0 Å². The summed E-state index contributed by atoms with van der Waals surface area (Å²) >= 11 is 0. The van der Waals surface area contributed by atoms with Gasteiger partial charge in [-0.25, -0.2) is 8.42 Å². The van der Waals surface area contributed by atoms with Crippen LogP contribution < -0.4 is 20.1 Å². The lowest BCUT2D eigenvalue weighted by Gasteiger charge is -2.27. The van der Waals surface area contributed by atoms with E-state index in [-0.39, 0.29) is 4.90 Å². The van der Waals surface area contributed by atoms with Gasteiger partial charge in [0.15, 0.2) is 6.17 Å². The van der Waals surface area contributed by atoms with E-state index in [9.17, 15) is 13.2 Å². The van der Waals surface area contributed by atoms with Crippen LogP contribution in [0.1, 0.15) is 0 Å². The molecule has 0 bridgehead atoms. The van der Waals surface area contributed by atoms with Crippen molar-refractivity contribution >= 4 is 27.3 Å². The van der Waals surface area contributed by atoms with Gasteiger partial charge in [0.1, 0.15) is 10.6 Å². The minimum absolute atomic E-state index is 0.119. The SMILES string of the molecule is COc1ccc(NC(=O)C2Nc3ccccc3S(=O)(=O)N2)cc1. The summed E-state index contributed by atoms with van der Waals surface area (Å²) in [7, 11) is -2.19. The molecule has 23 heavy (non-hydrogen) atoms. The third kappa shape index (κ3) is 3.13. The van der Waals surface area contributed by atoms with Gasteiger partial charge in [-0.05, 0) is 36.4 Å². The molecule has 0 saturated heterocycles. The summed E-state index contributed by atoms with van der Waals surface area (Å²) < 4.78 is 31.7. The van der Waals surface area contributed by atoms with Gasteiger partial charge in [0.25, 0.3) is 5.91 Å². The number of anilines is 2. The average Bonchev–Trinajstić information content (AvgIpc) is 2.55. The summed E-state index contributed by atoms with van der Waals surface area (Å²) in [6, 6.07) is 13.1. The van der Waals surface area contributed by atoms with Crippen LogP contribution in [0.2, 0.25) is 0 Å². The summed E-state index contributed by atoms with van der Waals surface area (Å²) in [5.74, 6) is 0.154. The number of hydrogen-bond donors (Lipinski definition) is 3. The third-order valence-electron chi connectivity index (χ3n) is 3.37. The van der Waals surface area contributed by atoms with Crippen molar-refractivity contribution in [1.82, 2.24) is 4.72 Å². The number of sulfonamides is 1. The van der Waals surface area contributed by atoms with E-state index in [0.717, 1.165) is 0 Å². The number of para-hydroxylation sites is 1. The molecule has 8 heteroatoms. The Balaban J connectivity index is 1.78. The quantitative estimate of drug-likeness (QED) is 0.788. The largest absolute Gasteiger partial charge is 0.497 e. The molecule has 0 saturated carbocycles. The van der Waals surface area contributed by atoms with Crippen molar-refractivity contribution in [2.75, 3.05) is 17.7 Å². The maximum atomic E-state index is 12.3. The Hall–Kier alpha value is -2.58. The minimum atomic E-state index is -3.73. The normalized spacial score (nSPS) is 18.4. The fraction of sp³-hybridized carbons (Fsp3) is 0.133. The number of hydrogen-bond acceptors (Lipinski definition) is 5. The number of rotatable bonds is 3. The molecular weight excluding hydrogens is 318 g/mol. The van der Waals surface area contributed by atoms with E-state index in [1.807, 2.05) is 0 Å². The molecule has 120 valence electrons. The zero-order valence-electron chi connectivity index (χ0n) is 12.2. The molecule has 1 aliphatic rings. The summed E-state index contributed by atoms with van der Waals surface area (Å²) in [4.78, 5) is 12.4. The Bertz CT molecular complexity index is 834. The second-order valence-corrected chi connectivity index (χ2v) is 6.59. The number of nitrogens with one attached hydrogen (secondary N) is 3. The van der Waals surface area contributed by atoms with Crippen LogP contribution in [-0.4, -0.2) is 27.6 Å². The van der Waals surface area contributed by atoms with Gasteiger partial charge in [0.05, 0.1) is 12.8 Å². The Morgan fingerprint density at radius 2 is 1.83 bits per heavy atom. The van der Waals surface area contributed by atoms with Crippen LogP contribution in [-0.2, 0) is 14.8 Å². The van der Waals surface area contributed by atoms with Crippen molar-refractivity contribution < 1.29 is 17.9 Å². The van der Waals surface area contributed by atoms with Gasteiger partial charge in [-0.3, -0.25) is 4.79 Å². The lowest BCUT2D eigenvalue weighted by molar-refractivity contribution is -0.117. The fourth-order valence-electron chi connectivity index (χ4n) is 2.23. The molecule has 0 spiro atoms. The van der Waals surface area contributed by atoms with Gasteiger partial charge < -0.3 is 15.4 Å². The highest BCUT2D eigenvalue weighted by atomic mass is 32.2. The van der Waals surface area contributed by atoms with Gasteiger partial charge in [-0.2, -0.15) is 4.72 Å². The van der Waals surface area contributed by atoms with Crippen LogP contribution in [0.15, 0.2) is 53.4 Å². The van der Waals surface area contributed by atoms with Crippen molar-refractivity contribution in [3.63, 3.8) is 0 Å². The Kier molecular flexibility index (Phi) is 3.93. The molecule has 1 aliphatic heterocycles. The zero-order chi connectivity index (χ0) is 16.4. The average molecular weight is 333 g/mol. The smallest absolute Gasteiger partial charge is 0.262 e. The monoisotopic (exact) mass is 333 g/mol. The number of amides is 1. The second kappa shape index (κ2) is 5.90. The molecule has 0 radical (unpaired) electrons. The Morgan fingerprint density at radius 1 is 1.13 bits per heavy atom. The van der Waals surface area contributed by atoms with Gasteiger partial charge in [0.2, 0.25) is 10.0 Å². The van der Waals surface area contributed by atoms with Crippen molar-refractivity contribution in [2.45, 2.75) is 11.1 Å². The number of fused-ring (bicyclic) bond motifs is 1. The molecule has 3 N–H and O–H groups in total. The first-order valence-electron chi connectivity index (χ1n) is 6.82. The molecule has 3 rings (SSSR count). The maximum Gasteiger partial charge on any atom is 0.262 e. The first-order chi connectivity index (χ1) is 11.0. The van der Waals surface area contributed by atoms with Crippen LogP contribution in [0, 0.1) is 0 Å². The van der Waals surface area contributed by atoms with Gasteiger partial charge in [-0.1, -0.05) is 12.1 Å². The molecule has 1 unspecified atom stereocenters. The van der Waals surface area contributed by atoms with E-state index in [1.165, 1.54) is 6.07 Å². The van der Waals surface area contributed by atoms with Gasteiger partial charge in [-0.15, -0.1) is 0 Å². The highest BCUT2D eigenvalue weighted by molar-refractivity contribution is 7.89. The Morgan fingerprint density at radius 3 is 2.52 bits per heavy atom. The van der Waals surface area contributed by atoms with Crippen LogP contribution in [0.3, 0.4) is 0 Å². The minimum Gasteiger partial charge on any atom is -0.497 e. The van der Waals surface area contributed by atoms with E-state index in [2.05, 4.69) is 15.4 Å². The highest BCUT2D eigenvalue weighted by Gasteiger charge is 2.32. The Labute approximate surface area is 133 Å². The van der Waals surface area contributed by atoms with E-state index in [4.69, 9.17) is 4.74 Å². The molecule has 2 aromatic carbocycles. The molecule has 0 aromatic heterocycles. The fourth-order valence-corrected chi connectivity index (χ4v) is 3.51. The van der Waals surface area contributed by atoms with Crippen molar-refractivity contribution in [3.05, 3.63) is 48.5 Å².